The number of hydrogen-bond acceptors (Lipinski definition) is 5. The highest BCUT2D eigenvalue weighted by Crippen LogP contribution is 2.10. The van der Waals surface area contributed by atoms with Gasteiger partial charge in [-0.1, -0.05) is 17.3 Å². The van der Waals surface area contributed by atoms with Crippen LogP contribution in [-0.4, -0.2) is 43.8 Å². The Morgan fingerprint density at radius 2 is 2.29 bits per heavy atom. The van der Waals surface area contributed by atoms with Gasteiger partial charge in [0.2, 0.25) is 5.91 Å². The molecular formula is C13H19FN4O3. The molecule has 0 aliphatic heterocycles. The lowest BCUT2D eigenvalue weighted by atomic mass is 10.1. The molecule has 0 saturated heterocycles. The lowest BCUT2D eigenvalue weighted by Gasteiger charge is -2.08. The van der Waals surface area contributed by atoms with Crippen LogP contribution in [0.2, 0.25) is 0 Å². The summed E-state index contributed by atoms with van der Waals surface area (Å²) in [5.41, 5.74) is 6.04. The number of methoxy groups -OCH3 is 1. The van der Waals surface area contributed by atoms with Crippen molar-refractivity contribution in [1.29, 1.82) is 0 Å². The van der Waals surface area contributed by atoms with Gasteiger partial charge >= 0.3 is 0 Å². The molecule has 21 heavy (non-hydrogen) atoms. The summed E-state index contributed by atoms with van der Waals surface area (Å²) in [5, 5.41) is 16.8. The van der Waals surface area contributed by atoms with Crippen molar-refractivity contribution in [2.24, 2.45) is 10.9 Å². The summed E-state index contributed by atoms with van der Waals surface area (Å²) in [7, 11) is 1.55. The maximum atomic E-state index is 13.8. The van der Waals surface area contributed by atoms with Crippen LogP contribution in [0.1, 0.15) is 11.1 Å². The van der Waals surface area contributed by atoms with Crippen molar-refractivity contribution in [1.82, 2.24) is 10.6 Å². The minimum Gasteiger partial charge on any atom is -0.409 e. The van der Waals surface area contributed by atoms with E-state index in [2.05, 4.69) is 15.8 Å². The van der Waals surface area contributed by atoms with Gasteiger partial charge in [-0.25, -0.2) is 4.39 Å². The molecule has 5 N–H and O–H groups in total. The zero-order chi connectivity index (χ0) is 15.7. The van der Waals surface area contributed by atoms with Crippen LogP contribution >= 0.6 is 0 Å². The molecular weight excluding hydrogens is 279 g/mol. The quantitative estimate of drug-likeness (QED) is 0.174. The maximum Gasteiger partial charge on any atom is 0.234 e. The van der Waals surface area contributed by atoms with Gasteiger partial charge in [0.05, 0.1) is 13.2 Å². The highest BCUT2D eigenvalue weighted by Gasteiger charge is 2.07. The van der Waals surface area contributed by atoms with Gasteiger partial charge in [0, 0.05) is 31.3 Å². The number of halogens is 1. The number of oxime groups is 1. The molecule has 0 saturated carbocycles. The number of hydrogen-bond donors (Lipinski definition) is 4. The Morgan fingerprint density at radius 3 is 2.90 bits per heavy atom. The largest absolute Gasteiger partial charge is 0.409 e. The predicted molar refractivity (Wildman–Crippen MR) is 75.5 cm³/mol. The Labute approximate surface area is 122 Å². The number of nitrogens with zero attached hydrogens (tertiary/aromatic N) is 1. The van der Waals surface area contributed by atoms with E-state index in [-0.39, 0.29) is 30.4 Å². The van der Waals surface area contributed by atoms with Gasteiger partial charge in [0.1, 0.15) is 5.82 Å². The highest BCUT2D eigenvalue weighted by molar-refractivity contribution is 5.97. The molecule has 116 valence electrons. The Balaban J connectivity index is 2.44. The number of carbonyl (C=O) groups excluding carboxylic acids is 1. The summed E-state index contributed by atoms with van der Waals surface area (Å²) in [6.45, 7) is 1.14. The van der Waals surface area contributed by atoms with Crippen LogP contribution in [0.15, 0.2) is 23.4 Å². The average molecular weight is 298 g/mol. The molecule has 0 aromatic heterocycles. The molecule has 1 aromatic rings. The van der Waals surface area contributed by atoms with E-state index in [1.165, 1.54) is 18.2 Å². The van der Waals surface area contributed by atoms with Crippen LogP contribution in [0.25, 0.3) is 0 Å². The van der Waals surface area contributed by atoms with Crippen molar-refractivity contribution in [2.75, 3.05) is 26.8 Å². The first-order valence-electron chi connectivity index (χ1n) is 6.31. The van der Waals surface area contributed by atoms with Gasteiger partial charge in [-0.05, 0) is 6.07 Å². The second kappa shape index (κ2) is 8.88. The first kappa shape index (κ1) is 16.9. The summed E-state index contributed by atoms with van der Waals surface area (Å²) in [4.78, 5) is 11.4. The minimum atomic E-state index is -0.494. The van der Waals surface area contributed by atoms with Crippen molar-refractivity contribution in [3.8, 4) is 0 Å². The Kier molecular flexibility index (Phi) is 7.13. The number of amidine groups is 1. The van der Waals surface area contributed by atoms with Gasteiger partial charge in [-0.3, -0.25) is 4.79 Å². The number of benzene rings is 1. The third kappa shape index (κ3) is 5.76. The van der Waals surface area contributed by atoms with Gasteiger partial charge in [-0.15, -0.1) is 0 Å². The van der Waals surface area contributed by atoms with E-state index >= 15 is 0 Å². The van der Waals surface area contributed by atoms with Gasteiger partial charge in [0.25, 0.3) is 0 Å². The van der Waals surface area contributed by atoms with Gasteiger partial charge in [-0.2, -0.15) is 0 Å². The van der Waals surface area contributed by atoms with E-state index in [0.29, 0.717) is 18.7 Å². The van der Waals surface area contributed by atoms with Crippen molar-refractivity contribution >= 4 is 11.7 Å². The molecule has 0 radical (unpaired) electrons. The first-order valence-corrected chi connectivity index (χ1v) is 6.31. The lowest BCUT2D eigenvalue weighted by molar-refractivity contribution is -0.120. The molecule has 0 heterocycles. The van der Waals surface area contributed by atoms with E-state index in [0.717, 1.165) is 0 Å². The molecule has 1 amide bonds. The fraction of sp³-hybridized carbons (Fsp3) is 0.385. The summed E-state index contributed by atoms with van der Waals surface area (Å²) in [5.74, 6) is -0.849. The van der Waals surface area contributed by atoms with E-state index in [4.69, 9.17) is 15.7 Å². The zero-order valence-electron chi connectivity index (χ0n) is 11.7. The van der Waals surface area contributed by atoms with Crippen LogP contribution in [0.5, 0.6) is 0 Å². The van der Waals surface area contributed by atoms with Crippen LogP contribution in [-0.2, 0) is 16.1 Å². The number of nitrogens with two attached hydrogens (primary N) is 1. The predicted octanol–water partition coefficient (Wildman–Crippen LogP) is -0.228. The number of amides is 1. The minimum absolute atomic E-state index is 0.0745. The lowest BCUT2D eigenvalue weighted by Crippen LogP contribution is -2.35. The number of rotatable bonds is 8. The van der Waals surface area contributed by atoms with E-state index in [9.17, 15) is 9.18 Å². The van der Waals surface area contributed by atoms with Gasteiger partial charge < -0.3 is 26.3 Å². The third-order valence-corrected chi connectivity index (χ3v) is 2.69. The van der Waals surface area contributed by atoms with Crippen LogP contribution in [0.3, 0.4) is 0 Å². The third-order valence-electron chi connectivity index (χ3n) is 2.69. The maximum absolute atomic E-state index is 13.8. The normalized spacial score (nSPS) is 11.4. The summed E-state index contributed by atoms with van der Waals surface area (Å²) in [6.07, 6.45) is 0. The second-order valence-corrected chi connectivity index (χ2v) is 4.24. The molecule has 0 aliphatic rings. The SMILES string of the molecule is COCCNC(=O)CNCc1ccc(/C(N)=N/O)cc1F. The summed E-state index contributed by atoms with van der Waals surface area (Å²) in [6, 6.07) is 4.22. The van der Waals surface area contributed by atoms with Gasteiger partial charge in [0.15, 0.2) is 5.84 Å². The molecule has 1 rings (SSSR count). The Bertz CT molecular complexity index is 508. The average Bonchev–Trinajstić information content (AvgIpc) is 2.48. The molecule has 8 heteroatoms. The monoisotopic (exact) mass is 298 g/mol. The topological polar surface area (TPSA) is 109 Å². The second-order valence-electron chi connectivity index (χ2n) is 4.24. The zero-order valence-corrected chi connectivity index (χ0v) is 11.7. The summed E-state index contributed by atoms with van der Waals surface area (Å²) < 4.78 is 18.6. The van der Waals surface area contributed by atoms with Crippen molar-refractivity contribution in [2.45, 2.75) is 6.54 Å². The Hall–Kier alpha value is -2.19. The van der Waals surface area contributed by atoms with Crippen molar-refractivity contribution in [3.63, 3.8) is 0 Å². The molecule has 0 aliphatic carbocycles. The summed E-state index contributed by atoms with van der Waals surface area (Å²) >= 11 is 0. The standard InChI is InChI=1S/C13H19FN4O3/c1-21-5-4-17-12(19)8-16-7-10-3-2-9(6-11(10)14)13(15)18-20/h2-3,6,16,20H,4-5,7-8H2,1H3,(H2,15,18)(H,17,19). The number of carbonyl (C=O) groups is 1. The first-order chi connectivity index (χ1) is 10.1. The highest BCUT2D eigenvalue weighted by atomic mass is 19.1. The molecule has 0 unspecified atom stereocenters. The molecule has 1 aromatic carbocycles. The molecule has 0 spiro atoms. The molecule has 0 atom stereocenters. The Morgan fingerprint density at radius 1 is 1.52 bits per heavy atom. The van der Waals surface area contributed by atoms with Crippen LogP contribution < -0.4 is 16.4 Å². The molecule has 0 bridgehead atoms. The molecule has 0 fully saturated rings. The van der Waals surface area contributed by atoms with Crippen LogP contribution in [0, 0.1) is 5.82 Å². The fourth-order valence-electron chi connectivity index (χ4n) is 1.57. The number of nitrogens with one attached hydrogen (secondary N) is 2. The van der Waals surface area contributed by atoms with E-state index in [1.807, 2.05) is 0 Å². The smallest absolute Gasteiger partial charge is 0.234 e. The fourth-order valence-corrected chi connectivity index (χ4v) is 1.57. The van der Waals surface area contributed by atoms with E-state index < -0.39 is 5.82 Å². The van der Waals surface area contributed by atoms with E-state index in [1.54, 1.807) is 7.11 Å². The van der Waals surface area contributed by atoms with Crippen molar-refractivity contribution in [3.05, 3.63) is 35.1 Å². The number of ether oxygens (including phenoxy) is 1. The molecule has 7 nitrogen and oxygen atoms in total. The van der Waals surface area contributed by atoms with Crippen LogP contribution in [0.4, 0.5) is 4.39 Å². The van der Waals surface area contributed by atoms with Crippen molar-refractivity contribution < 1.29 is 19.1 Å².